The highest BCUT2D eigenvalue weighted by Crippen LogP contribution is 2.45. The summed E-state index contributed by atoms with van der Waals surface area (Å²) < 4.78 is 7.48. The highest BCUT2D eigenvalue weighted by molar-refractivity contribution is 6.02. The van der Waals surface area contributed by atoms with Crippen molar-refractivity contribution >= 4 is 22.7 Å². The molecule has 3 aromatic rings. The fraction of sp³-hybridized carbons (Fsp3) is 0.484. The number of aromatic nitrogens is 1. The van der Waals surface area contributed by atoms with Crippen molar-refractivity contribution in [2.45, 2.75) is 44.1 Å². The van der Waals surface area contributed by atoms with E-state index in [1.807, 2.05) is 48.3 Å². The molecule has 1 fully saturated rings. The normalized spacial score (nSPS) is 20.4. The highest BCUT2D eigenvalue weighted by Gasteiger charge is 2.44. The van der Waals surface area contributed by atoms with Gasteiger partial charge in [-0.2, -0.15) is 0 Å². The van der Waals surface area contributed by atoms with Gasteiger partial charge in [0.15, 0.2) is 0 Å². The van der Waals surface area contributed by atoms with Gasteiger partial charge in [0, 0.05) is 55.5 Å². The topological polar surface area (TPSA) is 66.8 Å². The summed E-state index contributed by atoms with van der Waals surface area (Å²) >= 11 is 0. The SMILES string of the molecule is COCCN1C(=O)c2ccccc2[C@H](C(=O)NCCCN2CCCCCC2)[C@@H]1c1cn(C)c2ccccc12. The van der Waals surface area contributed by atoms with E-state index in [1.54, 1.807) is 7.11 Å². The van der Waals surface area contributed by atoms with Crippen LogP contribution < -0.4 is 5.32 Å². The molecule has 2 aromatic carbocycles. The van der Waals surface area contributed by atoms with Crippen LogP contribution in [0.15, 0.2) is 54.7 Å². The summed E-state index contributed by atoms with van der Waals surface area (Å²) in [4.78, 5) is 32.2. The number of hydrogen-bond acceptors (Lipinski definition) is 4. The van der Waals surface area contributed by atoms with Crippen molar-refractivity contribution in [3.63, 3.8) is 0 Å². The number of likely N-dealkylation sites (tertiary alicyclic amines) is 1. The maximum Gasteiger partial charge on any atom is 0.254 e. The second-order valence-corrected chi connectivity index (χ2v) is 10.6. The van der Waals surface area contributed by atoms with Crippen LogP contribution >= 0.6 is 0 Å². The average Bonchev–Trinajstić information content (AvgIpc) is 3.08. The minimum atomic E-state index is -0.509. The zero-order valence-corrected chi connectivity index (χ0v) is 22.7. The Kier molecular flexibility index (Phi) is 8.45. The molecule has 2 atom stereocenters. The summed E-state index contributed by atoms with van der Waals surface area (Å²) in [5, 5.41) is 4.32. The molecule has 2 aliphatic rings. The molecule has 1 N–H and O–H groups in total. The van der Waals surface area contributed by atoms with Crippen molar-refractivity contribution in [1.29, 1.82) is 0 Å². The van der Waals surface area contributed by atoms with Gasteiger partial charge in [0.25, 0.3) is 5.91 Å². The Bertz CT molecular complexity index is 1260. The molecule has 1 aromatic heterocycles. The number of para-hydroxylation sites is 1. The standard InChI is InChI=1S/C31H40N4O3/c1-33-22-26(23-12-7-8-15-27(23)33)29-28(30(36)32-16-11-19-34-17-9-3-4-10-18-34)24-13-5-6-14-25(24)31(37)35(29)20-21-38-2/h5-8,12-15,22,28-29H,3-4,9-11,16-21H2,1-2H3,(H,32,36)/t28-,29-/m0/s1. The van der Waals surface area contributed by atoms with Crippen LogP contribution in [0.2, 0.25) is 0 Å². The molecule has 1 saturated heterocycles. The van der Waals surface area contributed by atoms with Gasteiger partial charge < -0.3 is 24.4 Å². The van der Waals surface area contributed by atoms with E-state index in [2.05, 4.69) is 33.1 Å². The number of carbonyl (C=O) groups excluding carboxylic acids is 2. The Balaban J connectivity index is 1.46. The molecule has 0 spiro atoms. The summed E-state index contributed by atoms with van der Waals surface area (Å²) in [6.07, 6.45) is 8.18. The molecule has 0 aliphatic carbocycles. The van der Waals surface area contributed by atoms with Gasteiger partial charge in [-0.25, -0.2) is 0 Å². The first-order valence-corrected chi connectivity index (χ1v) is 14.0. The maximum absolute atomic E-state index is 14.0. The van der Waals surface area contributed by atoms with Crippen molar-refractivity contribution in [2.24, 2.45) is 7.05 Å². The van der Waals surface area contributed by atoms with Gasteiger partial charge in [-0.3, -0.25) is 9.59 Å². The van der Waals surface area contributed by atoms with Crippen molar-refractivity contribution in [2.75, 3.05) is 46.4 Å². The zero-order valence-electron chi connectivity index (χ0n) is 22.7. The van der Waals surface area contributed by atoms with Crippen LogP contribution in [0.25, 0.3) is 10.9 Å². The van der Waals surface area contributed by atoms with Gasteiger partial charge in [-0.05, 0) is 56.6 Å². The Hall–Kier alpha value is -3.16. The fourth-order valence-corrected chi connectivity index (χ4v) is 6.25. The summed E-state index contributed by atoms with van der Waals surface area (Å²) in [6.45, 7) is 4.76. The number of hydrogen-bond donors (Lipinski definition) is 1. The first-order valence-electron chi connectivity index (χ1n) is 14.0. The molecule has 0 unspecified atom stereocenters. The Morgan fingerprint density at radius 2 is 1.71 bits per heavy atom. The van der Waals surface area contributed by atoms with Crippen molar-refractivity contribution in [3.8, 4) is 0 Å². The second kappa shape index (κ2) is 12.1. The molecular weight excluding hydrogens is 476 g/mol. The van der Waals surface area contributed by atoms with Crippen LogP contribution in [0, 0.1) is 0 Å². The number of fused-ring (bicyclic) bond motifs is 2. The lowest BCUT2D eigenvalue weighted by atomic mass is 9.79. The van der Waals surface area contributed by atoms with Crippen LogP contribution in [0.4, 0.5) is 0 Å². The Morgan fingerprint density at radius 3 is 2.50 bits per heavy atom. The molecular formula is C31H40N4O3. The lowest BCUT2D eigenvalue weighted by Gasteiger charge is -2.41. The van der Waals surface area contributed by atoms with E-state index in [4.69, 9.17) is 4.74 Å². The van der Waals surface area contributed by atoms with E-state index >= 15 is 0 Å². The molecule has 5 rings (SSSR count). The number of aryl methyl sites for hydroxylation is 1. The monoisotopic (exact) mass is 516 g/mol. The van der Waals surface area contributed by atoms with Gasteiger partial charge >= 0.3 is 0 Å². The molecule has 3 heterocycles. The first kappa shape index (κ1) is 26.4. The van der Waals surface area contributed by atoms with Gasteiger partial charge in [-0.1, -0.05) is 49.2 Å². The van der Waals surface area contributed by atoms with E-state index < -0.39 is 12.0 Å². The minimum absolute atomic E-state index is 0.0267. The molecule has 0 saturated carbocycles. The first-order chi connectivity index (χ1) is 18.6. The number of methoxy groups -OCH3 is 1. The van der Waals surface area contributed by atoms with Crippen LogP contribution in [0.3, 0.4) is 0 Å². The van der Waals surface area contributed by atoms with Gasteiger partial charge in [-0.15, -0.1) is 0 Å². The zero-order chi connectivity index (χ0) is 26.5. The minimum Gasteiger partial charge on any atom is -0.383 e. The van der Waals surface area contributed by atoms with Crippen molar-refractivity contribution < 1.29 is 14.3 Å². The number of nitrogens with one attached hydrogen (secondary N) is 1. The predicted molar refractivity (Wildman–Crippen MR) is 150 cm³/mol. The fourth-order valence-electron chi connectivity index (χ4n) is 6.25. The number of benzene rings is 2. The second-order valence-electron chi connectivity index (χ2n) is 10.6. The number of amides is 2. The van der Waals surface area contributed by atoms with Crippen LogP contribution in [0.1, 0.15) is 65.5 Å². The Morgan fingerprint density at radius 1 is 0.974 bits per heavy atom. The van der Waals surface area contributed by atoms with Crippen LogP contribution in [0.5, 0.6) is 0 Å². The van der Waals surface area contributed by atoms with Gasteiger partial charge in [0.05, 0.1) is 18.6 Å². The maximum atomic E-state index is 14.0. The molecule has 0 radical (unpaired) electrons. The molecule has 7 nitrogen and oxygen atoms in total. The summed E-state index contributed by atoms with van der Waals surface area (Å²) in [5.41, 5.74) is 3.47. The third-order valence-electron chi connectivity index (χ3n) is 8.15. The van der Waals surface area contributed by atoms with Crippen LogP contribution in [-0.4, -0.2) is 72.6 Å². The van der Waals surface area contributed by atoms with E-state index in [1.165, 1.54) is 25.7 Å². The quantitative estimate of drug-likeness (QED) is 0.426. The Labute approximate surface area is 225 Å². The third kappa shape index (κ3) is 5.36. The molecule has 38 heavy (non-hydrogen) atoms. The number of ether oxygens (including phenoxy) is 1. The highest BCUT2D eigenvalue weighted by atomic mass is 16.5. The van der Waals surface area contributed by atoms with E-state index in [-0.39, 0.29) is 11.8 Å². The predicted octanol–water partition coefficient (Wildman–Crippen LogP) is 4.49. The van der Waals surface area contributed by atoms with E-state index in [0.29, 0.717) is 25.3 Å². The molecule has 0 bridgehead atoms. The van der Waals surface area contributed by atoms with E-state index in [0.717, 1.165) is 48.1 Å². The lowest BCUT2D eigenvalue weighted by molar-refractivity contribution is -0.124. The summed E-state index contributed by atoms with van der Waals surface area (Å²) in [5.74, 6) is -0.591. The van der Waals surface area contributed by atoms with E-state index in [9.17, 15) is 9.59 Å². The van der Waals surface area contributed by atoms with Crippen molar-refractivity contribution in [1.82, 2.24) is 19.7 Å². The average molecular weight is 517 g/mol. The molecule has 2 aliphatic heterocycles. The summed E-state index contributed by atoms with van der Waals surface area (Å²) in [7, 11) is 3.66. The molecule has 2 amide bonds. The molecule has 202 valence electrons. The van der Waals surface area contributed by atoms with Crippen molar-refractivity contribution in [3.05, 3.63) is 71.4 Å². The van der Waals surface area contributed by atoms with Gasteiger partial charge in [0.1, 0.15) is 0 Å². The number of rotatable bonds is 9. The van der Waals surface area contributed by atoms with Gasteiger partial charge in [0.2, 0.25) is 5.91 Å². The lowest BCUT2D eigenvalue weighted by Crippen LogP contribution is -2.48. The smallest absolute Gasteiger partial charge is 0.254 e. The number of nitrogens with zero attached hydrogens (tertiary/aromatic N) is 3. The van der Waals surface area contributed by atoms with Crippen LogP contribution in [-0.2, 0) is 16.6 Å². The number of carbonyl (C=O) groups is 2. The third-order valence-corrected chi connectivity index (χ3v) is 8.15. The molecule has 7 heteroatoms. The largest absolute Gasteiger partial charge is 0.383 e. The summed E-state index contributed by atoms with van der Waals surface area (Å²) in [6, 6.07) is 15.4.